The number of ether oxygens (including phenoxy) is 2. The summed E-state index contributed by atoms with van der Waals surface area (Å²) in [6.07, 6.45) is 1.20. The zero-order valence-corrected chi connectivity index (χ0v) is 14.2. The largest absolute Gasteiger partial charge is 0.379 e. The van der Waals surface area contributed by atoms with Crippen LogP contribution in [0.2, 0.25) is 0 Å². The fourth-order valence-corrected chi connectivity index (χ4v) is 2.55. The Bertz CT molecular complexity index is 658. The highest BCUT2D eigenvalue weighted by atomic mass is 16.5. The van der Waals surface area contributed by atoms with Crippen molar-refractivity contribution in [3.05, 3.63) is 18.0 Å². The first-order chi connectivity index (χ1) is 10.9. The molecule has 2 atom stereocenters. The molecule has 7 heteroatoms. The molecular weight excluding hydrogens is 294 g/mol. The third kappa shape index (κ3) is 3.79. The SMILES string of the molecule is CC(COC1CCOC1)Nc1ccc2nnc(C(C)(C)C)n2n1. The predicted molar refractivity (Wildman–Crippen MR) is 87.7 cm³/mol. The van der Waals surface area contributed by atoms with Crippen molar-refractivity contribution in [2.45, 2.75) is 51.7 Å². The van der Waals surface area contributed by atoms with Crippen LogP contribution in [0, 0.1) is 0 Å². The van der Waals surface area contributed by atoms with Crippen molar-refractivity contribution in [3.63, 3.8) is 0 Å². The summed E-state index contributed by atoms with van der Waals surface area (Å²) in [6.45, 7) is 10.5. The summed E-state index contributed by atoms with van der Waals surface area (Å²) in [5.41, 5.74) is 0.648. The second kappa shape index (κ2) is 6.41. The molecule has 2 aromatic rings. The van der Waals surface area contributed by atoms with Gasteiger partial charge in [-0.1, -0.05) is 20.8 Å². The van der Waals surface area contributed by atoms with E-state index in [-0.39, 0.29) is 17.6 Å². The number of rotatable bonds is 5. The van der Waals surface area contributed by atoms with Crippen molar-refractivity contribution in [2.24, 2.45) is 0 Å². The monoisotopic (exact) mass is 319 g/mol. The normalized spacial score (nSPS) is 20.1. The van der Waals surface area contributed by atoms with Crippen LogP contribution in [-0.4, -0.2) is 51.8 Å². The van der Waals surface area contributed by atoms with Gasteiger partial charge in [0, 0.05) is 18.1 Å². The summed E-state index contributed by atoms with van der Waals surface area (Å²) in [4.78, 5) is 0. The zero-order valence-electron chi connectivity index (χ0n) is 14.2. The standard InChI is InChI=1S/C16H25N5O2/c1-11(9-23-12-7-8-22-10-12)17-13-5-6-14-18-19-15(16(2,3)4)21(14)20-13/h5-6,11-12H,7-10H2,1-4H3,(H,17,20). The third-order valence-electron chi connectivity index (χ3n) is 3.80. The van der Waals surface area contributed by atoms with Gasteiger partial charge in [0.15, 0.2) is 11.5 Å². The lowest BCUT2D eigenvalue weighted by molar-refractivity contribution is 0.0394. The molecule has 1 N–H and O–H groups in total. The number of nitrogens with zero attached hydrogens (tertiary/aromatic N) is 4. The third-order valence-corrected chi connectivity index (χ3v) is 3.80. The van der Waals surface area contributed by atoms with Crippen LogP contribution in [0.25, 0.3) is 5.65 Å². The summed E-state index contributed by atoms with van der Waals surface area (Å²) in [5, 5.41) is 16.4. The first-order valence-corrected chi connectivity index (χ1v) is 8.12. The van der Waals surface area contributed by atoms with Crippen LogP contribution >= 0.6 is 0 Å². The molecule has 3 heterocycles. The Morgan fingerprint density at radius 3 is 2.91 bits per heavy atom. The molecule has 0 radical (unpaired) electrons. The van der Waals surface area contributed by atoms with Gasteiger partial charge >= 0.3 is 0 Å². The highest BCUT2D eigenvalue weighted by molar-refractivity contribution is 5.44. The van der Waals surface area contributed by atoms with Crippen LogP contribution in [-0.2, 0) is 14.9 Å². The van der Waals surface area contributed by atoms with E-state index in [1.807, 2.05) is 12.1 Å². The molecule has 1 aliphatic heterocycles. The van der Waals surface area contributed by atoms with Crippen LogP contribution in [0.4, 0.5) is 5.82 Å². The molecule has 1 fully saturated rings. The molecule has 0 bridgehead atoms. The van der Waals surface area contributed by atoms with E-state index < -0.39 is 0 Å². The molecule has 0 aromatic carbocycles. The van der Waals surface area contributed by atoms with Crippen molar-refractivity contribution < 1.29 is 9.47 Å². The Kier molecular flexibility index (Phi) is 4.50. The molecular formula is C16H25N5O2. The highest BCUT2D eigenvalue weighted by Crippen LogP contribution is 2.20. The maximum Gasteiger partial charge on any atom is 0.178 e. The molecule has 0 saturated carbocycles. The van der Waals surface area contributed by atoms with Crippen LogP contribution in [0.15, 0.2) is 12.1 Å². The second-order valence-corrected chi connectivity index (χ2v) is 7.13. The van der Waals surface area contributed by atoms with Crippen molar-refractivity contribution >= 4 is 11.5 Å². The average molecular weight is 319 g/mol. The Labute approximate surface area is 136 Å². The maximum absolute atomic E-state index is 5.84. The van der Waals surface area contributed by atoms with E-state index >= 15 is 0 Å². The summed E-state index contributed by atoms with van der Waals surface area (Å²) < 4.78 is 13.0. The van der Waals surface area contributed by atoms with Crippen LogP contribution in [0.5, 0.6) is 0 Å². The molecule has 7 nitrogen and oxygen atoms in total. The van der Waals surface area contributed by atoms with E-state index in [9.17, 15) is 0 Å². The molecule has 23 heavy (non-hydrogen) atoms. The molecule has 126 valence electrons. The van der Waals surface area contributed by atoms with Gasteiger partial charge in [0.1, 0.15) is 5.82 Å². The Morgan fingerprint density at radius 2 is 2.22 bits per heavy atom. The summed E-state index contributed by atoms with van der Waals surface area (Å²) >= 11 is 0. The molecule has 0 aliphatic carbocycles. The van der Waals surface area contributed by atoms with E-state index in [1.54, 1.807) is 4.52 Å². The lowest BCUT2D eigenvalue weighted by Crippen LogP contribution is -2.26. The van der Waals surface area contributed by atoms with Gasteiger partial charge < -0.3 is 14.8 Å². The Morgan fingerprint density at radius 1 is 1.39 bits per heavy atom. The van der Waals surface area contributed by atoms with E-state index in [0.717, 1.165) is 30.3 Å². The van der Waals surface area contributed by atoms with Crippen molar-refractivity contribution in [1.29, 1.82) is 0 Å². The van der Waals surface area contributed by atoms with Gasteiger partial charge in [-0.3, -0.25) is 0 Å². The van der Waals surface area contributed by atoms with Gasteiger partial charge in [-0.05, 0) is 25.5 Å². The van der Waals surface area contributed by atoms with Crippen molar-refractivity contribution in [2.75, 3.05) is 25.1 Å². The second-order valence-electron chi connectivity index (χ2n) is 7.13. The van der Waals surface area contributed by atoms with Gasteiger partial charge in [-0.15, -0.1) is 15.3 Å². The first-order valence-electron chi connectivity index (χ1n) is 8.12. The van der Waals surface area contributed by atoms with Crippen LogP contribution in [0.1, 0.15) is 39.9 Å². The van der Waals surface area contributed by atoms with Crippen molar-refractivity contribution in [1.82, 2.24) is 19.8 Å². The van der Waals surface area contributed by atoms with Crippen molar-refractivity contribution in [3.8, 4) is 0 Å². The van der Waals surface area contributed by atoms with Gasteiger partial charge in [0.05, 0.1) is 19.3 Å². The zero-order chi connectivity index (χ0) is 16.4. The minimum absolute atomic E-state index is 0.109. The molecule has 3 rings (SSSR count). The lowest BCUT2D eigenvalue weighted by atomic mass is 9.96. The fraction of sp³-hybridized carbons (Fsp3) is 0.688. The highest BCUT2D eigenvalue weighted by Gasteiger charge is 2.22. The smallest absolute Gasteiger partial charge is 0.178 e. The Balaban J connectivity index is 1.67. The van der Waals surface area contributed by atoms with Crippen LogP contribution in [0.3, 0.4) is 0 Å². The van der Waals surface area contributed by atoms with Crippen LogP contribution < -0.4 is 5.32 Å². The Hall–Kier alpha value is -1.73. The number of fused-ring (bicyclic) bond motifs is 1. The first kappa shape index (κ1) is 16.1. The minimum atomic E-state index is -0.109. The summed E-state index contributed by atoms with van der Waals surface area (Å²) in [5.74, 6) is 1.64. The molecule has 2 unspecified atom stereocenters. The maximum atomic E-state index is 5.84. The molecule has 1 saturated heterocycles. The number of hydrogen-bond donors (Lipinski definition) is 1. The van der Waals surface area contributed by atoms with E-state index in [2.05, 4.69) is 48.3 Å². The fourth-order valence-electron chi connectivity index (χ4n) is 2.55. The van der Waals surface area contributed by atoms with E-state index in [0.29, 0.717) is 13.2 Å². The molecule has 0 spiro atoms. The number of nitrogens with one attached hydrogen (secondary N) is 1. The van der Waals surface area contributed by atoms with Gasteiger partial charge in [0.2, 0.25) is 0 Å². The molecule has 1 aliphatic rings. The minimum Gasteiger partial charge on any atom is -0.379 e. The summed E-state index contributed by atoms with van der Waals surface area (Å²) in [6, 6.07) is 4.01. The molecule has 2 aromatic heterocycles. The number of aromatic nitrogens is 4. The van der Waals surface area contributed by atoms with E-state index in [4.69, 9.17) is 9.47 Å². The predicted octanol–water partition coefficient (Wildman–Crippen LogP) is 2.03. The number of anilines is 1. The van der Waals surface area contributed by atoms with Gasteiger partial charge in [0.25, 0.3) is 0 Å². The van der Waals surface area contributed by atoms with E-state index in [1.165, 1.54) is 0 Å². The summed E-state index contributed by atoms with van der Waals surface area (Å²) in [7, 11) is 0. The number of hydrogen-bond acceptors (Lipinski definition) is 6. The van der Waals surface area contributed by atoms with Gasteiger partial charge in [-0.25, -0.2) is 0 Å². The average Bonchev–Trinajstić information content (AvgIpc) is 3.13. The van der Waals surface area contributed by atoms with Gasteiger partial charge in [-0.2, -0.15) is 4.52 Å². The topological polar surface area (TPSA) is 73.6 Å². The quantitative estimate of drug-likeness (QED) is 0.909. The lowest BCUT2D eigenvalue weighted by Gasteiger charge is -2.18. The molecule has 0 amide bonds.